The van der Waals surface area contributed by atoms with Crippen molar-refractivity contribution < 1.29 is 14.7 Å². The third kappa shape index (κ3) is 6.76. The lowest BCUT2D eigenvalue weighted by molar-refractivity contribution is -0.136. The average molecular weight is 652 g/mol. The Morgan fingerprint density at radius 3 is 2.50 bits per heavy atom. The molecule has 6 nitrogen and oxygen atoms in total. The van der Waals surface area contributed by atoms with Crippen LogP contribution >= 0.6 is 57.1 Å². The van der Waals surface area contributed by atoms with E-state index in [1.54, 1.807) is 29.5 Å². The second-order valence-electron chi connectivity index (χ2n) is 7.81. The molecular formula is C26H20Cl2IN3O3S. The maximum absolute atomic E-state index is 12.1. The van der Waals surface area contributed by atoms with Crippen LogP contribution in [0, 0.1) is 3.57 Å². The van der Waals surface area contributed by atoms with Gasteiger partial charge in [0.05, 0.1) is 22.2 Å². The molecule has 4 rings (SSSR count). The second kappa shape index (κ2) is 12.1. The number of rotatable bonds is 9. The number of aromatic nitrogens is 1. The summed E-state index contributed by atoms with van der Waals surface area (Å²) in [7, 11) is 0. The number of carbonyl (C=O) groups excluding carboxylic acids is 1. The Morgan fingerprint density at radius 2 is 1.78 bits per heavy atom. The van der Waals surface area contributed by atoms with Gasteiger partial charge in [0.1, 0.15) is 5.01 Å². The topological polar surface area (TPSA) is 91.3 Å². The summed E-state index contributed by atoms with van der Waals surface area (Å²) in [6.45, 7) is 0.649. The highest BCUT2D eigenvalue weighted by Crippen LogP contribution is 2.36. The summed E-state index contributed by atoms with van der Waals surface area (Å²) in [5, 5.41) is 18.6. The average Bonchev–Trinajstić information content (AvgIpc) is 3.35. The molecule has 1 amide bonds. The van der Waals surface area contributed by atoms with Gasteiger partial charge in [-0.2, -0.15) is 0 Å². The highest BCUT2D eigenvalue weighted by atomic mass is 127. The summed E-state index contributed by atoms with van der Waals surface area (Å²) in [6.07, 6.45) is -0.111. The van der Waals surface area contributed by atoms with Crippen LogP contribution in [0.4, 0.5) is 5.69 Å². The van der Waals surface area contributed by atoms with Crippen LogP contribution < -0.4 is 10.6 Å². The molecule has 0 fully saturated rings. The van der Waals surface area contributed by atoms with Crippen molar-refractivity contribution in [2.45, 2.75) is 13.0 Å². The normalized spacial score (nSPS) is 10.8. The molecule has 36 heavy (non-hydrogen) atoms. The van der Waals surface area contributed by atoms with Crippen LogP contribution in [0.15, 0.2) is 66.0 Å². The molecule has 10 heteroatoms. The minimum Gasteiger partial charge on any atom is -0.481 e. The van der Waals surface area contributed by atoms with Gasteiger partial charge in [0.15, 0.2) is 0 Å². The van der Waals surface area contributed by atoms with E-state index >= 15 is 0 Å². The van der Waals surface area contributed by atoms with Crippen LogP contribution in [-0.4, -0.2) is 28.5 Å². The van der Waals surface area contributed by atoms with Crippen LogP contribution in [0.2, 0.25) is 10.0 Å². The van der Waals surface area contributed by atoms with Crippen molar-refractivity contribution in [2.24, 2.45) is 0 Å². The van der Waals surface area contributed by atoms with Crippen LogP contribution in [0.1, 0.15) is 22.3 Å². The minimum absolute atomic E-state index is 0.0938. The number of anilines is 1. The molecule has 3 aromatic carbocycles. The predicted octanol–water partition coefficient (Wildman–Crippen LogP) is 7.21. The fourth-order valence-electron chi connectivity index (χ4n) is 3.39. The number of thiazole rings is 1. The van der Waals surface area contributed by atoms with Gasteiger partial charge in [0, 0.05) is 44.4 Å². The molecule has 3 N–H and O–H groups in total. The Balaban J connectivity index is 1.46. The van der Waals surface area contributed by atoms with Crippen LogP contribution in [0.3, 0.4) is 0 Å². The number of hydrogen-bond donors (Lipinski definition) is 3. The summed E-state index contributed by atoms with van der Waals surface area (Å²) in [5.41, 5.74) is 5.15. The van der Waals surface area contributed by atoms with Gasteiger partial charge in [-0.3, -0.25) is 9.59 Å². The molecule has 0 saturated carbocycles. The van der Waals surface area contributed by atoms with E-state index in [4.69, 9.17) is 33.3 Å². The Morgan fingerprint density at radius 1 is 1.00 bits per heavy atom. The first kappa shape index (κ1) is 26.4. The highest BCUT2D eigenvalue weighted by molar-refractivity contribution is 14.1. The molecular weight excluding hydrogens is 632 g/mol. The van der Waals surface area contributed by atoms with E-state index in [1.807, 2.05) is 41.8 Å². The van der Waals surface area contributed by atoms with Crippen LogP contribution in [0.25, 0.3) is 21.8 Å². The van der Waals surface area contributed by atoms with Gasteiger partial charge in [0.25, 0.3) is 5.91 Å². The van der Waals surface area contributed by atoms with Gasteiger partial charge in [0.2, 0.25) is 0 Å². The van der Waals surface area contributed by atoms with Gasteiger partial charge in [-0.25, -0.2) is 4.98 Å². The van der Waals surface area contributed by atoms with E-state index in [-0.39, 0.29) is 18.9 Å². The molecule has 4 aromatic rings. The monoisotopic (exact) mass is 651 g/mol. The molecule has 0 saturated heterocycles. The maximum Gasteiger partial charge on any atom is 0.305 e. The lowest BCUT2D eigenvalue weighted by atomic mass is 10.1. The molecule has 0 unspecified atom stereocenters. The summed E-state index contributed by atoms with van der Waals surface area (Å²) in [6, 6.07) is 18.8. The lowest BCUT2D eigenvalue weighted by Crippen LogP contribution is -2.25. The molecule has 0 aliphatic heterocycles. The van der Waals surface area contributed by atoms with Crippen molar-refractivity contribution in [3.8, 4) is 21.8 Å². The Labute approximate surface area is 235 Å². The predicted molar refractivity (Wildman–Crippen MR) is 154 cm³/mol. The van der Waals surface area contributed by atoms with E-state index in [0.717, 1.165) is 36.6 Å². The largest absolute Gasteiger partial charge is 0.481 e. The van der Waals surface area contributed by atoms with Crippen molar-refractivity contribution in [1.82, 2.24) is 10.3 Å². The molecule has 1 heterocycles. The van der Waals surface area contributed by atoms with Crippen LogP contribution in [-0.2, 0) is 11.3 Å². The van der Waals surface area contributed by atoms with Gasteiger partial charge in [-0.05, 0) is 70.6 Å². The molecule has 0 aliphatic rings. The lowest BCUT2D eigenvalue weighted by Gasteiger charge is -2.12. The van der Waals surface area contributed by atoms with Crippen molar-refractivity contribution in [2.75, 3.05) is 11.9 Å². The van der Waals surface area contributed by atoms with Crippen LogP contribution in [0.5, 0.6) is 0 Å². The zero-order valence-corrected chi connectivity index (χ0v) is 23.2. The number of nitrogens with zero attached hydrogens (tertiary/aromatic N) is 1. The number of hydrogen-bond acceptors (Lipinski definition) is 5. The van der Waals surface area contributed by atoms with Crippen molar-refractivity contribution in [3.63, 3.8) is 0 Å². The summed E-state index contributed by atoms with van der Waals surface area (Å²) in [5.74, 6) is -1.24. The van der Waals surface area contributed by atoms with E-state index in [9.17, 15) is 9.59 Å². The van der Waals surface area contributed by atoms with Gasteiger partial charge in [-0.15, -0.1) is 11.3 Å². The molecule has 0 radical (unpaired) electrons. The van der Waals surface area contributed by atoms with E-state index in [1.165, 1.54) is 0 Å². The number of nitrogens with one attached hydrogen (secondary N) is 2. The van der Waals surface area contributed by atoms with Crippen molar-refractivity contribution >= 4 is 74.7 Å². The molecule has 0 spiro atoms. The van der Waals surface area contributed by atoms with Crippen molar-refractivity contribution in [1.29, 1.82) is 0 Å². The molecule has 184 valence electrons. The van der Waals surface area contributed by atoms with Gasteiger partial charge in [-0.1, -0.05) is 41.4 Å². The molecule has 0 atom stereocenters. The Kier molecular flexibility index (Phi) is 8.84. The zero-order chi connectivity index (χ0) is 25.7. The molecule has 0 bridgehead atoms. The number of carboxylic acids is 1. The van der Waals surface area contributed by atoms with Gasteiger partial charge < -0.3 is 15.7 Å². The van der Waals surface area contributed by atoms with E-state index in [2.05, 4.69) is 39.3 Å². The standard InChI is InChI=1S/C26H20Cl2IN3O3S/c27-20-7-5-17(11-21(20)28)23-14-36-26(32-23)19-12-18(29)6-8-22(19)31-13-15-1-3-16(4-2-15)25(35)30-10-9-24(33)34/h1-8,11-12,14,31H,9-10,13H2,(H,30,35)(H,33,34). The SMILES string of the molecule is O=C(O)CCNC(=O)c1ccc(CNc2ccc(I)cc2-c2nc(-c3ccc(Cl)c(Cl)c3)cs2)cc1. The smallest absolute Gasteiger partial charge is 0.305 e. The third-order valence-corrected chi connectivity index (χ3v) is 7.54. The first-order valence-corrected chi connectivity index (χ1v) is 13.6. The quantitative estimate of drug-likeness (QED) is 0.167. The molecule has 0 aliphatic carbocycles. The Bertz CT molecular complexity index is 1410. The fourth-order valence-corrected chi connectivity index (χ4v) is 5.04. The number of carboxylic acid groups (broad SMARTS) is 1. The number of carbonyl (C=O) groups is 2. The highest BCUT2D eigenvalue weighted by Gasteiger charge is 2.13. The first-order valence-electron chi connectivity index (χ1n) is 10.8. The summed E-state index contributed by atoms with van der Waals surface area (Å²) >= 11 is 16.1. The summed E-state index contributed by atoms with van der Waals surface area (Å²) < 4.78 is 1.10. The second-order valence-corrected chi connectivity index (χ2v) is 10.7. The summed E-state index contributed by atoms with van der Waals surface area (Å²) in [4.78, 5) is 27.6. The fraction of sp³-hybridized carbons (Fsp3) is 0.115. The zero-order valence-electron chi connectivity index (χ0n) is 18.7. The third-order valence-electron chi connectivity index (χ3n) is 5.26. The Hall–Kier alpha value is -2.66. The minimum atomic E-state index is -0.949. The van der Waals surface area contributed by atoms with Crippen molar-refractivity contribution in [3.05, 3.63) is 90.8 Å². The van der Waals surface area contributed by atoms with E-state index < -0.39 is 5.97 Å². The van der Waals surface area contributed by atoms with E-state index in [0.29, 0.717) is 22.2 Å². The number of aliphatic carboxylic acids is 1. The van der Waals surface area contributed by atoms with Gasteiger partial charge >= 0.3 is 5.97 Å². The first-order chi connectivity index (χ1) is 17.3. The maximum atomic E-state index is 12.1. The number of amides is 1. The number of benzene rings is 3. The molecule has 1 aromatic heterocycles. The number of halogens is 3.